The third kappa shape index (κ3) is 3.06. The van der Waals surface area contributed by atoms with Crippen LogP contribution < -0.4 is 9.47 Å². The van der Waals surface area contributed by atoms with Gasteiger partial charge in [-0.2, -0.15) is 0 Å². The van der Waals surface area contributed by atoms with Crippen molar-refractivity contribution in [2.75, 3.05) is 20.8 Å². The van der Waals surface area contributed by atoms with Crippen LogP contribution in [0.5, 0.6) is 11.5 Å². The molecule has 2 aromatic rings. The molecule has 2 atom stereocenters. The first-order chi connectivity index (χ1) is 11.5. The quantitative estimate of drug-likeness (QED) is 0.849. The first-order valence-electron chi connectivity index (χ1n) is 8.05. The summed E-state index contributed by atoms with van der Waals surface area (Å²) in [6.45, 7) is 4.88. The van der Waals surface area contributed by atoms with Gasteiger partial charge in [-0.3, -0.25) is 0 Å². The SMILES string of the molecule is COc1cc2c(cc1OC)C(C)N(S(=O)c1ccc(C)cc1)CC2. The summed E-state index contributed by atoms with van der Waals surface area (Å²) in [4.78, 5) is 0.844. The molecular weight excluding hydrogens is 322 g/mol. The van der Waals surface area contributed by atoms with Crippen LogP contribution in [-0.4, -0.2) is 29.3 Å². The van der Waals surface area contributed by atoms with Crippen molar-refractivity contribution in [3.8, 4) is 11.5 Å². The molecule has 4 nitrogen and oxygen atoms in total. The minimum absolute atomic E-state index is 0.0516. The van der Waals surface area contributed by atoms with Gasteiger partial charge in [0.15, 0.2) is 11.5 Å². The Hall–Kier alpha value is -1.85. The van der Waals surface area contributed by atoms with E-state index >= 15 is 0 Å². The molecule has 0 radical (unpaired) electrons. The largest absolute Gasteiger partial charge is 0.493 e. The summed E-state index contributed by atoms with van der Waals surface area (Å²) in [5, 5.41) is 0. The fourth-order valence-electron chi connectivity index (χ4n) is 3.14. The van der Waals surface area contributed by atoms with E-state index in [1.807, 2.05) is 47.6 Å². The monoisotopic (exact) mass is 345 g/mol. The average Bonchev–Trinajstić information content (AvgIpc) is 2.61. The number of methoxy groups -OCH3 is 2. The molecule has 5 heteroatoms. The van der Waals surface area contributed by atoms with Gasteiger partial charge in [-0.1, -0.05) is 17.7 Å². The van der Waals surface area contributed by atoms with Crippen molar-refractivity contribution in [2.24, 2.45) is 0 Å². The van der Waals surface area contributed by atoms with Crippen LogP contribution in [0.15, 0.2) is 41.3 Å². The molecule has 2 unspecified atom stereocenters. The van der Waals surface area contributed by atoms with Gasteiger partial charge in [0.05, 0.1) is 19.1 Å². The molecule has 0 aliphatic carbocycles. The highest BCUT2D eigenvalue weighted by Crippen LogP contribution is 2.39. The summed E-state index contributed by atoms with van der Waals surface area (Å²) < 4.78 is 25.8. The molecule has 1 aliphatic heterocycles. The predicted octanol–water partition coefficient (Wildman–Crippen LogP) is 3.65. The first-order valence-corrected chi connectivity index (χ1v) is 9.15. The minimum atomic E-state index is -1.17. The van der Waals surface area contributed by atoms with Crippen molar-refractivity contribution >= 4 is 11.0 Å². The Morgan fingerprint density at radius 2 is 1.71 bits per heavy atom. The van der Waals surface area contributed by atoms with E-state index in [4.69, 9.17) is 9.47 Å². The lowest BCUT2D eigenvalue weighted by Crippen LogP contribution is -2.35. The molecular formula is C19H23NO3S. The van der Waals surface area contributed by atoms with Crippen molar-refractivity contribution in [1.29, 1.82) is 0 Å². The Labute approximate surface area is 146 Å². The number of hydrogen-bond donors (Lipinski definition) is 0. The van der Waals surface area contributed by atoms with Gasteiger partial charge >= 0.3 is 0 Å². The molecule has 0 bridgehead atoms. The average molecular weight is 345 g/mol. The maximum Gasteiger partial charge on any atom is 0.161 e. The summed E-state index contributed by atoms with van der Waals surface area (Å²) in [5.74, 6) is 1.46. The molecule has 0 fully saturated rings. The van der Waals surface area contributed by atoms with Crippen molar-refractivity contribution in [1.82, 2.24) is 4.31 Å². The molecule has 1 aliphatic rings. The third-order valence-corrected chi connectivity index (χ3v) is 6.16. The summed E-state index contributed by atoms with van der Waals surface area (Å²) in [6, 6.07) is 12.0. The molecule has 3 rings (SSSR count). The van der Waals surface area contributed by atoms with Gasteiger partial charge in [-0.05, 0) is 55.7 Å². The number of ether oxygens (including phenoxy) is 2. The van der Waals surface area contributed by atoms with Gasteiger partial charge in [0.1, 0.15) is 11.0 Å². The second-order valence-corrected chi connectivity index (χ2v) is 7.47. The van der Waals surface area contributed by atoms with E-state index in [2.05, 4.69) is 6.92 Å². The lowest BCUT2D eigenvalue weighted by Gasteiger charge is -2.34. The van der Waals surface area contributed by atoms with Crippen molar-refractivity contribution in [3.63, 3.8) is 0 Å². The summed E-state index contributed by atoms with van der Waals surface area (Å²) in [6.07, 6.45) is 0.845. The second-order valence-electron chi connectivity index (χ2n) is 6.03. The maximum atomic E-state index is 13.0. The second kappa shape index (κ2) is 6.95. The van der Waals surface area contributed by atoms with Crippen LogP contribution in [0, 0.1) is 6.92 Å². The zero-order valence-electron chi connectivity index (χ0n) is 14.5. The zero-order chi connectivity index (χ0) is 17.3. The fourth-order valence-corrected chi connectivity index (χ4v) is 4.44. The Bertz CT molecular complexity index is 758. The van der Waals surface area contributed by atoms with Gasteiger partial charge in [0.2, 0.25) is 0 Å². The summed E-state index contributed by atoms with van der Waals surface area (Å²) >= 11 is 0. The predicted molar refractivity (Wildman–Crippen MR) is 96.0 cm³/mol. The van der Waals surface area contributed by atoms with Crippen LogP contribution in [0.2, 0.25) is 0 Å². The van der Waals surface area contributed by atoms with Crippen LogP contribution in [0.1, 0.15) is 29.7 Å². The highest BCUT2D eigenvalue weighted by atomic mass is 32.2. The van der Waals surface area contributed by atoms with E-state index in [0.29, 0.717) is 5.75 Å². The lowest BCUT2D eigenvalue weighted by molar-refractivity contribution is 0.332. The molecule has 24 heavy (non-hydrogen) atoms. The molecule has 0 spiro atoms. The van der Waals surface area contributed by atoms with Crippen LogP contribution >= 0.6 is 0 Å². The fraction of sp³-hybridized carbons (Fsp3) is 0.368. The Morgan fingerprint density at radius 1 is 1.08 bits per heavy atom. The van der Waals surface area contributed by atoms with Gasteiger partial charge in [0.25, 0.3) is 0 Å². The molecule has 0 aromatic heterocycles. The summed E-state index contributed by atoms with van der Waals surface area (Å²) in [5.41, 5.74) is 3.56. The highest BCUT2D eigenvalue weighted by molar-refractivity contribution is 7.82. The number of fused-ring (bicyclic) bond motifs is 1. The lowest BCUT2D eigenvalue weighted by atomic mass is 9.94. The molecule has 128 valence electrons. The number of hydrogen-bond acceptors (Lipinski definition) is 3. The number of nitrogens with zero attached hydrogens (tertiary/aromatic N) is 1. The van der Waals surface area contributed by atoms with E-state index in [1.165, 1.54) is 11.1 Å². The standard InChI is InChI=1S/C19H23NO3S/c1-13-5-7-16(8-6-13)24(21)20-10-9-15-11-18(22-3)19(23-4)12-17(15)14(20)2/h5-8,11-12,14H,9-10H2,1-4H3. The van der Waals surface area contributed by atoms with Gasteiger partial charge in [0, 0.05) is 12.6 Å². The van der Waals surface area contributed by atoms with Gasteiger partial charge < -0.3 is 9.47 Å². The molecule has 0 saturated carbocycles. The third-order valence-electron chi connectivity index (χ3n) is 4.56. The van der Waals surface area contributed by atoms with Gasteiger partial charge in [-0.15, -0.1) is 0 Å². The maximum absolute atomic E-state index is 13.0. The summed E-state index contributed by atoms with van der Waals surface area (Å²) in [7, 11) is 2.12. The Balaban J connectivity index is 1.92. The van der Waals surface area contributed by atoms with Gasteiger partial charge in [-0.25, -0.2) is 8.51 Å². The van der Waals surface area contributed by atoms with Crippen LogP contribution in [0.25, 0.3) is 0 Å². The molecule has 1 heterocycles. The molecule has 0 N–H and O–H groups in total. The normalized spacial score (nSPS) is 18.8. The van der Waals surface area contributed by atoms with E-state index < -0.39 is 11.0 Å². The van der Waals surface area contributed by atoms with Crippen LogP contribution in [0.3, 0.4) is 0 Å². The smallest absolute Gasteiger partial charge is 0.161 e. The van der Waals surface area contributed by atoms with E-state index in [-0.39, 0.29) is 6.04 Å². The van der Waals surface area contributed by atoms with Crippen molar-refractivity contribution in [2.45, 2.75) is 31.2 Å². The molecule has 0 amide bonds. The van der Waals surface area contributed by atoms with Crippen LogP contribution in [0.4, 0.5) is 0 Å². The topological polar surface area (TPSA) is 38.8 Å². The Kier molecular flexibility index (Phi) is 4.92. The van der Waals surface area contributed by atoms with Crippen LogP contribution in [-0.2, 0) is 17.4 Å². The number of benzene rings is 2. The van der Waals surface area contributed by atoms with Crippen molar-refractivity contribution < 1.29 is 13.7 Å². The molecule has 2 aromatic carbocycles. The highest BCUT2D eigenvalue weighted by Gasteiger charge is 2.30. The van der Waals surface area contributed by atoms with E-state index in [0.717, 1.165) is 29.2 Å². The molecule has 0 saturated heterocycles. The first kappa shape index (κ1) is 17.0. The Morgan fingerprint density at radius 3 is 2.33 bits per heavy atom. The number of rotatable bonds is 4. The number of aryl methyl sites for hydroxylation is 1. The zero-order valence-corrected chi connectivity index (χ0v) is 15.4. The van der Waals surface area contributed by atoms with E-state index in [1.54, 1.807) is 14.2 Å². The van der Waals surface area contributed by atoms with Crippen molar-refractivity contribution in [3.05, 3.63) is 53.1 Å². The minimum Gasteiger partial charge on any atom is -0.493 e. The van der Waals surface area contributed by atoms with E-state index in [9.17, 15) is 4.21 Å².